The van der Waals surface area contributed by atoms with E-state index >= 15 is 0 Å². The predicted octanol–water partition coefficient (Wildman–Crippen LogP) is 1.92. The van der Waals surface area contributed by atoms with Crippen LogP contribution < -0.4 is 10.1 Å². The molecule has 23 heavy (non-hydrogen) atoms. The summed E-state index contributed by atoms with van der Waals surface area (Å²) in [6.07, 6.45) is -0.787. The predicted molar refractivity (Wildman–Crippen MR) is 81.5 cm³/mol. The molecule has 0 spiro atoms. The normalized spacial score (nSPS) is 11.9. The number of hydrogen-bond acceptors (Lipinski definition) is 5. The number of benzene rings is 1. The van der Waals surface area contributed by atoms with Crippen molar-refractivity contribution in [1.29, 1.82) is 0 Å². The molecular formula is C16H18FN3O3. The summed E-state index contributed by atoms with van der Waals surface area (Å²) in [6.45, 7) is 3.41. The Morgan fingerprint density at radius 1 is 1.39 bits per heavy atom. The minimum Gasteiger partial charge on any atom is -0.494 e. The summed E-state index contributed by atoms with van der Waals surface area (Å²) in [6, 6.07) is 5.80. The van der Waals surface area contributed by atoms with Gasteiger partial charge in [0.2, 0.25) is 0 Å². The molecule has 0 aliphatic heterocycles. The second kappa shape index (κ2) is 7.15. The summed E-state index contributed by atoms with van der Waals surface area (Å²) in [7, 11) is 1.38. The lowest BCUT2D eigenvalue weighted by molar-refractivity contribution is 0.0945. The molecule has 0 bridgehead atoms. The van der Waals surface area contributed by atoms with Crippen molar-refractivity contribution in [3.8, 4) is 5.75 Å². The third-order valence-corrected chi connectivity index (χ3v) is 3.19. The number of halogens is 1. The Kier molecular flexibility index (Phi) is 5.23. The standard InChI is InChI=1S/C16H18FN3O3/c1-9(21)13-7-14(20-10(2)19-13)16(22)18-8-11-4-5-12(17)15(6-11)23-3/h4-7,9,21H,8H2,1-3H3,(H,18,22)/t9-/m0/s1. The first-order valence-corrected chi connectivity index (χ1v) is 7.05. The fraction of sp³-hybridized carbons (Fsp3) is 0.312. The van der Waals surface area contributed by atoms with E-state index in [9.17, 15) is 14.3 Å². The van der Waals surface area contributed by atoms with Gasteiger partial charge in [-0.05, 0) is 37.6 Å². The molecule has 0 aliphatic rings. The van der Waals surface area contributed by atoms with Gasteiger partial charge in [-0.15, -0.1) is 0 Å². The van der Waals surface area contributed by atoms with Gasteiger partial charge in [0.15, 0.2) is 11.6 Å². The number of ether oxygens (including phenoxy) is 1. The number of nitrogens with zero attached hydrogens (tertiary/aromatic N) is 2. The Balaban J connectivity index is 2.11. The smallest absolute Gasteiger partial charge is 0.270 e. The Labute approximate surface area is 133 Å². The molecule has 2 aromatic rings. The number of carbonyl (C=O) groups is 1. The van der Waals surface area contributed by atoms with E-state index in [4.69, 9.17) is 4.74 Å². The molecule has 1 amide bonds. The molecule has 1 aromatic heterocycles. The number of aryl methyl sites for hydroxylation is 1. The highest BCUT2D eigenvalue weighted by atomic mass is 19.1. The van der Waals surface area contributed by atoms with E-state index in [1.165, 1.54) is 25.3 Å². The van der Waals surface area contributed by atoms with Crippen LogP contribution in [-0.2, 0) is 6.54 Å². The maximum absolute atomic E-state index is 13.3. The third-order valence-electron chi connectivity index (χ3n) is 3.19. The van der Waals surface area contributed by atoms with Crippen molar-refractivity contribution < 1.29 is 19.0 Å². The molecule has 1 aromatic carbocycles. The summed E-state index contributed by atoms with van der Waals surface area (Å²) in [5.74, 6) is -0.348. The average molecular weight is 319 g/mol. The minimum absolute atomic E-state index is 0.117. The van der Waals surface area contributed by atoms with Gasteiger partial charge in [-0.3, -0.25) is 4.79 Å². The van der Waals surface area contributed by atoms with Crippen molar-refractivity contribution in [2.24, 2.45) is 0 Å². The van der Waals surface area contributed by atoms with Gasteiger partial charge in [0.25, 0.3) is 5.91 Å². The molecule has 0 fully saturated rings. The fourth-order valence-corrected chi connectivity index (χ4v) is 2.01. The van der Waals surface area contributed by atoms with Crippen LogP contribution in [0.15, 0.2) is 24.3 Å². The van der Waals surface area contributed by atoms with Crippen LogP contribution in [0, 0.1) is 12.7 Å². The van der Waals surface area contributed by atoms with Crippen LogP contribution in [0.5, 0.6) is 5.75 Å². The summed E-state index contributed by atoms with van der Waals surface area (Å²) in [4.78, 5) is 20.3. The van der Waals surface area contributed by atoms with Crippen molar-refractivity contribution in [3.63, 3.8) is 0 Å². The lowest BCUT2D eigenvalue weighted by Gasteiger charge is -2.09. The molecule has 2 N–H and O–H groups in total. The van der Waals surface area contributed by atoms with E-state index in [1.807, 2.05) is 0 Å². The maximum Gasteiger partial charge on any atom is 0.270 e. The number of nitrogens with one attached hydrogen (secondary N) is 1. The lowest BCUT2D eigenvalue weighted by Crippen LogP contribution is -2.24. The van der Waals surface area contributed by atoms with Crippen LogP contribution in [0.2, 0.25) is 0 Å². The first-order valence-electron chi connectivity index (χ1n) is 7.05. The van der Waals surface area contributed by atoms with Crippen molar-refractivity contribution in [3.05, 3.63) is 52.9 Å². The van der Waals surface area contributed by atoms with Gasteiger partial charge in [0.05, 0.1) is 18.9 Å². The van der Waals surface area contributed by atoms with Crippen molar-refractivity contribution in [2.75, 3.05) is 7.11 Å². The van der Waals surface area contributed by atoms with Gasteiger partial charge in [-0.1, -0.05) is 6.07 Å². The molecule has 1 heterocycles. The highest BCUT2D eigenvalue weighted by molar-refractivity contribution is 5.92. The van der Waals surface area contributed by atoms with Crippen molar-refractivity contribution >= 4 is 5.91 Å². The number of methoxy groups -OCH3 is 1. The summed E-state index contributed by atoms with van der Waals surface area (Å²) in [5.41, 5.74) is 1.24. The van der Waals surface area contributed by atoms with E-state index in [2.05, 4.69) is 15.3 Å². The molecule has 0 saturated heterocycles. The highest BCUT2D eigenvalue weighted by Gasteiger charge is 2.13. The van der Waals surface area contributed by atoms with Crippen LogP contribution in [-0.4, -0.2) is 28.1 Å². The molecular weight excluding hydrogens is 301 g/mol. The Morgan fingerprint density at radius 2 is 2.13 bits per heavy atom. The summed E-state index contributed by atoms with van der Waals surface area (Å²) >= 11 is 0. The summed E-state index contributed by atoms with van der Waals surface area (Å²) < 4.78 is 18.2. The van der Waals surface area contributed by atoms with E-state index in [0.29, 0.717) is 17.1 Å². The second-order valence-electron chi connectivity index (χ2n) is 5.05. The highest BCUT2D eigenvalue weighted by Crippen LogP contribution is 2.18. The number of aliphatic hydroxyl groups excluding tert-OH is 1. The average Bonchev–Trinajstić information content (AvgIpc) is 2.53. The van der Waals surface area contributed by atoms with Gasteiger partial charge >= 0.3 is 0 Å². The topological polar surface area (TPSA) is 84.3 Å². The Bertz CT molecular complexity index is 720. The molecule has 0 aliphatic carbocycles. The fourth-order valence-electron chi connectivity index (χ4n) is 2.01. The van der Waals surface area contributed by atoms with Crippen LogP contribution in [0.1, 0.15) is 40.6 Å². The van der Waals surface area contributed by atoms with E-state index in [1.54, 1.807) is 19.9 Å². The van der Waals surface area contributed by atoms with E-state index in [0.717, 1.165) is 0 Å². The van der Waals surface area contributed by atoms with Crippen LogP contribution in [0.4, 0.5) is 4.39 Å². The monoisotopic (exact) mass is 319 g/mol. The third kappa shape index (κ3) is 4.23. The largest absolute Gasteiger partial charge is 0.494 e. The molecule has 0 radical (unpaired) electrons. The molecule has 7 heteroatoms. The van der Waals surface area contributed by atoms with E-state index < -0.39 is 17.8 Å². The van der Waals surface area contributed by atoms with Crippen molar-refractivity contribution in [2.45, 2.75) is 26.5 Å². The molecule has 122 valence electrons. The maximum atomic E-state index is 13.3. The quantitative estimate of drug-likeness (QED) is 0.879. The van der Waals surface area contributed by atoms with E-state index in [-0.39, 0.29) is 18.0 Å². The first-order chi connectivity index (χ1) is 10.9. The number of hydrogen-bond donors (Lipinski definition) is 2. The zero-order chi connectivity index (χ0) is 17.0. The van der Waals surface area contributed by atoms with Gasteiger partial charge in [0.1, 0.15) is 11.5 Å². The van der Waals surface area contributed by atoms with Gasteiger partial charge in [-0.2, -0.15) is 0 Å². The molecule has 0 unspecified atom stereocenters. The molecule has 1 atom stereocenters. The SMILES string of the molecule is COc1cc(CNC(=O)c2cc([C@H](C)O)nc(C)n2)ccc1F. The zero-order valence-corrected chi connectivity index (χ0v) is 13.1. The molecule has 6 nitrogen and oxygen atoms in total. The first kappa shape index (κ1) is 16.8. The van der Waals surface area contributed by atoms with Crippen LogP contribution >= 0.6 is 0 Å². The number of rotatable bonds is 5. The van der Waals surface area contributed by atoms with Crippen LogP contribution in [0.25, 0.3) is 0 Å². The lowest BCUT2D eigenvalue weighted by atomic mass is 10.2. The summed E-state index contributed by atoms with van der Waals surface area (Å²) in [5, 5.41) is 12.3. The zero-order valence-electron chi connectivity index (χ0n) is 13.1. The van der Waals surface area contributed by atoms with Crippen LogP contribution in [0.3, 0.4) is 0 Å². The van der Waals surface area contributed by atoms with Gasteiger partial charge in [-0.25, -0.2) is 14.4 Å². The van der Waals surface area contributed by atoms with Gasteiger partial charge in [0, 0.05) is 6.54 Å². The van der Waals surface area contributed by atoms with Gasteiger partial charge < -0.3 is 15.2 Å². The minimum atomic E-state index is -0.787. The van der Waals surface area contributed by atoms with Crippen molar-refractivity contribution in [1.82, 2.24) is 15.3 Å². The number of aromatic nitrogens is 2. The Morgan fingerprint density at radius 3 is 2.78 bits per heavy atom. The Hall–Kier alpha value is -2.54. The molecule has 0 saturated carbocycles. The number of carbonyl (C=O) groups excluding carboxylic acids is 1. The number of aliphatic hydroxyl groups is 1. The second-order valence-corrected chi connectivity index (χ2v) is 5.05. The number of amides is 1. The molecule has 2 rings (SSSR count).